The first kappa shape index (κ1) is 22.1. The van der Waals surface area contributed by atoms with Crippen molar-refractivity contribution in [3.63, 3.8) is 0 Å². The Bertz CT molecular complexity index is 880. The van der Waals surface area contributed by atoms with E-state index in [2.05, 4.69) is 11.0 Å². The van der Waals surface area contributed by atoms with Crippen LogP contribution in [0.25, 0.3) is 0 Å². The summed E-state index contributed by atoms with van der Waals surface area (Å²) in [7, 11) is 1.75. The Kier molecular flexibility index (Phi) is 7.16. The van der Waals surface area contributed by atoms with E-state index in [0.29, 0.717) is 18.0 Å². The first-order valence-corrected chi connectivity index (χ1v) is 11.5. The van der Waals surface area contributed by atoms with Crippen LogP contribution in [-0.2, 0) is 11.3 Å². The number of likely N-dealkylation sites (N-methyl/N-ethyl adjacent to an activating group) is 1. The summed E-state index contributed by atoms with van der Waals surface area (Å²) in [5.41, 5.74) is 1.78. The van der Waals surface area contributed by atoms with Gasteiger partial charge in [0.25, 0.3) is 5.91 Å². The Morgan fingerprint density at radius 3 is 2.58 bits per heavy atom. The summed E-state index contributed by atoms with van der Waals surface area (Å²) >= 11 is 6.49. The van der Waals surface area contributed by atoms with Crippen molar-refractivity contribution in [1.82, 2.24) is 9.80 Å². The number of benzene rings is 2. The molecule has 0 bridgehead atoms. The highest BCUT2D eigenvalue weighted by atomic mass is 35.5. The van der Waals surface area contributed by atoms with Crippen LogP contribution in [0.5, 0.6) is 5.75 Å². The first-order valence-electron chi connectivity index (χ1n) is 11.1. The summed E-state index contributed by atoms with van der Waals surface area (Å²) < 4.78 is 6.09. The lowest BCUT2D eigenvalue weighted by Crippen LogP contribution is -2.43. The van der Waals surface area contributed by atoms with Crippen LogP contribution in [0.3, 0.4) is 0 Å². The van der Waals surface area contributed by atoms with Crippen LogP contribution in [-0.4, -0.2) is 53.6 Å². The number of carbonyl (C=O) groups is 1. The topological polar surface area (TPSA) is 53.0 Å². The molecule has 31 heavy (non-hydrogen) atoms. The van der Waals surface area contributed by atoms with Crippen molar-refractivity contribution in [2.75, 3.05) is 26.7 Å². The van der Waals surface area contributed by atoms with Gasteiger partial charge in [-0.05, 0) is 68.0 Å². The van der Waals surface area contributed by atoms with E-state index in [1.807, 2.05) is 30.3 Å². The molecule has 0 aromatic heterocycles. The molecular formula is C25H31ClN2O3. The minimum absolute atomic E-state index is 0.146. The third-order valence-electron chi connectivity index (χ3n) is 6.37. The maximum atomic E-state index is 12.5. The van der Waals surface area contributed by atoms with E-state index in [0.717, 1.165) is 48.8 Å². The molecule has 2 aliphatic rings. The molecule has 1 unspecified atom stereocenters. The summed E-state index contributed by atoms with van der Waals surface area (Å²) in [5, 5.41) is 11.1. The zero-order valence-corrected chi connectivity index (χ0v) is 18.8. The molecule has 2 aromatic carbocycles. The van der Waals surface area contributed by atoms with Gasteiger partial charge in [0.15, 0.2) is 6.10 Å². The van der Waals surface area contributed by atoms with Gasteiger partial charge in [-0.3, -0.25) is 9.69 Å². The second-order valence-corrected chi connectivity index (χ2v) is 9.25. The molecule has 1 aliphatic heterocycles. The second-order valence-electron chi connectivity index (χ2n) is 8.85. The lowest BCUT2D eigenvalue weighted by molar-refractivity contribution is -0.140. The minimum atomic E-state index is -1.11. The van der Waals surface area contributed by atoms with Crippen molar-refractivity contribution in [2.45, 2.75) is 44.4 Å². The van der Waals surface area contributed by atoms with Gasteiger partial charge in [-0.1, -0.05) is 48.0 Å². The minimum Gasteiger partial charge on any atom is -0.490 e. The number of rotatable bonds is 8. The van der Waals surface area contributed by atoms with E-state index < -0.39 is 6.10 Å². The van der Waals surface area contributed by atoms with Gasteiger partial charge >= 0.3 is 0 Å². The van der Waals surface area contributed by atoms with Crippen LogP contribution in [0, 0.1) is 5.92 Å². The fourth-order valence-electron chi connectivity index (χ4n) is 4.49. The SMILES string of the molecule is CN(CC1CC(Oc2ccc(CN3CCCC3)c(Cl)c2)C1)C(=O)C(O)c1ccccc1. The fourth-order valence-corrected chi connectivity index (χ4v) is 4.72. The summed E-state index contributed by atoms with van der Waals surface area (Å²) in [6.45, 7) is 3.83. The van der Waals surface area contributed by atoms with Crippen LogP contribution in [0.15, 0.2) is 48.5 Å². The number of likely N-dealkylation sites (tertiary alicyclic amines) is 1. The molecule has 2 fully saturated rings. The van der Waals surface area contributed by atoms with Gasteiger partial charge in [0.05, 0.1) is 6.10 Å². The number of amides is 1. The Morgan fingerprint density at radius 1 is 1.19 bits per heavy atom. The number of ether oxygens (including phenoxy) is 1. The number of aliphatic hydroxyl groups is 1. The van der Waals surface area contributed by atoms with Crippen molar-refractivity contribution in [3.8, 4) is 5.75 Å². The molecule has 1 saturated carbocycles. The Labute approximate surface area is 189 Å². The van der Waals surface area contributed by atoms with Gasteiger partial charge in [-0.2, -0.15) is 0 Å². The largest absolute Gasteiger partial charge is 0.490 e. The highest BCUT2D eigenvalue weighted by Gasteiger charge is 2.33. The fraction of sp³-hybridized carbons (Fsp3) is 0.480. The maximum Gasteiger partial charge on any atom is 0.255 e. The molecule has 2 aromatic rings. The molecule has 1 aliphatic carbocycles. The zero-order valence-electron chi connectivity index (χ0n) is 18.0. The molecule has 6 heteroatoms. The van der Waals surface area contributed by atoms with Crippen LogP contribution in [0.2, 0.25) is 5.02 Å². The standard InChI is InChI=1S/C25H31ClN2O3/c1-27(25(30)24(29)19-7-3-2-4-8-19)16-18-13-22(14-18)31-21-10-9-20(23(26)15-21)17-28-11-5-6-12-28/h2-4,7-10,15,18,22,24,29H,5-6,11-14,16-17H2,1H3. The number of hydrogen-bond donors (Lipinski definition) is 1. The normalized spacial score (nSPS) is 22.0. The quantitative estimate of drug-likeness (QED) is 0.662. The monoisotopic (exact) mass is 442 g/mol. The molecule has 1 N–H and O–H groups in total. The van der Waals surface area contributed by atoms with E-state index >= 15 is 0 Å². The molecular weight excluding hydrogens is 412 g/mol. The smallest absolute Gasteiger partial charge is 0.255 e. The van der Waals surface area contributed by atoms with Gasteiger partial charge in [0, 0.05) is 25.2 Å². The van der Waals surface area contributed by atoms with Gasteiger partial charge in [0.2, 0.25) is 0 Å². The summed E-state index contributed by atoms with van der Waals surface area (Å²) in [6.07, 6.45) is 3.37. The molecule has 1 heterocycles. The van der Waals surface area contributed by atoms with E-state index in [1.165, 1.54) is 12.8 Å². The van der Waals surface area contributed by atoms with E-state index in [9.17, 15) is 9.90 Å². The number of nitrogens with zero attached hydrogens (tertiary/aromatic N) is 2. The van der Waals surface area contributed by atoms with Crippen LogP contribution in [0.4, 0.5) is 0 Å². The third-order valence-corrected chi connectivity index (χ3v) is 6.72. The van der Waals surface area contributed by atoms with Gasteiger partial charge in [-0.25, -0.2) is 0 Å². The number of carbonyl (C=O) groups excluding carboxylic acids is 1. The molecule has 0 radical (unpaired) electrons. The Hall–Kier alpha value is -2.08. The van der Waals surface area contributed by atoms with Crippen molar-refractivity contribution in [3.05, 3.63) is 64.7 Å². The number of aliphatic hydroxyl groups excluding tert-OH is 1. The van der Waals surface area contributed by atoms with E-state index in [1.54, 1.807) is 24.1 Å². The van der Waals surface area contributed by atoms with Gasteiger partial charge < -0.3 is 14.7 Å². The Balaban J connectivity index is 1.22. The average Bonchev–Trinajstić information content (AvgIpc) is 3.26. The highest BCUT2D eigenvalue weighted by Crippen LogP contribution is 2.34. The molecule has 1 saturated heterocycles. The van der Waals surface area contributed by atoms with Crippen molar-refractivity contribution in [1.29, 1.82) is 0 Å². The Morgan fingerprint density at radius 2 is 1.90 bits per heavy atom. The first-order chi connectivity index (χ1) is 15.0. The molecule has 0 spiro atoms. The molecule has 1 amide bonds. The molecule has 1 atom stereocenters. The lowest BCUT2D eigenvalue weighted by atomic mass is 9.82. The predicted octanol–water partition coefficient (Wildman–Crippen LogP) is 4.29. The van der Waals surface area contributed by atoms with Crippen LogP contribution < -0.4 is 4.74 Å². The third kappa shape index (κ3) is 5.59. The second kappa shape index (κ2) is 10.0. The molecule has 166 valence electrons. The number of hydrogen-bond acceptors (Lipinski definition) is 4. The van der Waals surface area contributed by atoms with Crippen molar-refractivity contribution in [2.24, 2.45) is 5.92 Å². The summed E-state index contributed by atoms with van der Waals surface area (Å²) in [6, 6.07) is 15.1. The van der Waals surface area contributed by atoms with Gasteiger partial charge in [0.1, 0.15) is 5.75 Å². The van der Waals surface area contributed by atoms with Gasteiger partial charge in [-0.15, -0.1) is 0 Å². The average molecular weight is 443 g/mol. The zero-order chi connectivity index (χ0) is 21.8. The molecule has 5 nitrogen and oxygen atoms in total. The maximum absolute atomic E-state index is 12.5. The number of halogens is 1. The highest BCUT2D eigenvalue weighted by molar-refractivity contribution is 6.31. The van der Waals surface area contributed by atoms with Crippen LogP contribution in [0.1, 0.15) is 42.9 Å². The van der Waals surface area contributed by atoms with Crippen LogP contribution >= 0.6 is 11.6 Å². The molecule has 4 rings (SSSR count). The predicted molar refractivity (Wildman–Crippen MR) is 122 cm³/mol. The summed E-state index contributed by atoms with van der Waals surface area (Å²) in [4.78, 5) is 16.6. The van der Waals surface area contributed by atoms with Crippen molar-refractivity contribution < 1.29 is 14.6 Å². The lowest BCUT2D eigenvalue weighted by Gasteiger charge is -2.38. The van der Waals surface area contributed by atoms with E-state index in [-0.39, 0.29) is 12.0 Å². The summed E-state index contributed by atoms with van der Waals surface area (Å²) in [5.74, 6) is 0.922. The van der Waals surface area contributed by atoms with Crippen molar-refractivity contribution >= 4 is 17.5 Å². The van der Waals surface area contributed by atoms with E-state index in [4.69, 9.17) is 16.3 Å².